The van der Waals surface area contributed by atoms with Gasteiger partial charge in [0.05, 0.1) is 6.07 Å². The van der Waals surface area contributed by atoms with Crippen LogP contribution in [0.3, 0.4) is 0 Å². The molecule has 1 unspecified atom stereocenters. The van der Waals surface area contributed by atoms with E-state index in [9.17, 15) is 4.79 Å². The van der Waals surface area contributed by atoms with Crippen molar-refractivity contribution in [1.82, 2.24) is 0 Å². The van der Waals surface area contributed by atoms with Gasteiger partial charge in [-0.05, 0) is 29.3 Å². The molecule has 0 amide bonds. The van der Waals surface area contributed by atoms with Crippen LogP contribution in [0.1, 0.15) is 5.56 Å². The van der Waals surface area contributed by atoms with E-state index in [1.165, 1.54) is 6.08 Å². The average molecular weight is 200 g/mol. The molecule has 74 valence electrons. The molecule has 0 heterocycles. The van der Waals surface area contributed by atoms with Gasteiger partial charge in [-0.25, -0.2) is 4.79 Å². The molecular weight excluding hydrogens is 192 g/mol. The molecule has 1 aromatic rings. The Morgan fingerprint density at radius 2 is 2.27 bits per heavy atom. The zero-order valence-corrected chi connectivity index (χ0v) is 7.77. The number of aliphatic carboxylic acids is 1. The molecule has 1 aliphatic carbocycles. The molecule has 1 aliphatic rings. The smallest absolute Gasteiger partial charge is 0.332 e. The number of carboxylic acid groups (broad SMARTS) is 1. The molecule has 0 saturated heterocycles. The van der Waals surface area contributed by atoms with Crippen molar-refractivity contribution in [2.75, 3.05) is 5.73 Å². The van der Waals surface area contributed by atoms with Crippen molar-refractivity contribution in [1.29, 1.82) is 5.26 Å². The molecule has 0 bridgehead atoms. The molecule has 1 atom stereocenters. The van der Waals surface area contributed by atoms with Gasteiger partial charge in [0.25, 0.3) is 0 Å². The quantitative estimate of drug-likeness (QED) is 0.703. The third-order valence-electron chi connectivity index (χ3n) is 2.41. The summed E-state index contributed by atoms with van der Waals surface area (Å²) in [6.07, 6.45) is 1.43. The van der Waals surface area contributed by atoms with E-state index in [0.29, 0.717) is 16.8 Å². The van der Waals surface area contributed by atoms with Gasteiger partial charge in [-0.2, -0.15) is 5.26 Å². The number of anilines is 1. The third kappa shape index (κ3) is 1.25. The highest BCUT2D eigenvalue weighted by Crippen LogP contribution is 2.50. The molecule has 15 heavy (non-hydrogen) atoms. The molecule has 0 fully saturated rings. The van der Waals surface area contributed by atoms with Gasteiger partial charge in [0, 0.05) is 5.69 Å². The van der Waals surface area contributed by atoms with Gasteiger partial charge in [0.1, 0.15) is 0 Å². The van der Waals surface area contributed by atoms with Crippen molar-refractivity contribution >= 4 is 17.2 Å². The van der Waals surface area contributed by atoms with Gasteiger partial charge in [0.15, 0.2) is 5.41 Å². The first-order chi connectivity index (χ1) is 7.10. The summed E-state index contributed by atoms with van der Waals surface area (Å²) >= 11 is 0. The Labute approximate surface area is 86.2 Å². The minimum atomic E-state index is -1.44. The summed E-state index contributed by atoms with van der Waals surface area (Å²) in [6.45, 7) is 0. The topological polar surface area (TPSA) is 87.1 Å². The van der Waals surface area contributed by atoms with E-state index >= 15 is 0 Å². The molecule has 4 nitrogen and oxygen atoms in total. The van der Waals surface area contributed by atoms with Gasteiger partial charge >= 0.3 is 5.97 Å². The zero-order valence-electron chi connectivity index (χ0n) is 7.77. The summed E-state index contributed by atoms with van der Waals surface area (Å²) < 4.78 is 0. The molecule has 0 radical (unpaired) electrons. The first-order valence-electron chi connectivity index (χ1n) is 4.34. The summed E-state index contributed by atoms with van der Waals surface area (Å²) in [5.41, 5.74) is 5.90. The Bertz CT molecular complexity index is 514. The standard InChI is InChI=1S/C11H8N2O2/c12-6-11(10(14)15)5-9(11)7-2-1-3-8(13)4-7/h1-5H,13H2,(H,14,15). The molecule has 1 aromatic carbocycles. The third-order valence-corrected chi connectivity index (χ3v) is 2.41. The number of nitrogen functional groups attached to an aromatic ring is 1. The summed E-state index contributed by atoms with van der Waals surface area (Å²) in [5.74, 6) is -1.14. The fourth-order valence-electron chi connectivity index (χ4n) is 1.51. The lowest BCUT2D eigenvalue weighted by molar-refractivity contribution is -0.139. The van der Waals surface area contributed by atoms with Crippen molar-refractivity contribution in [3.05, 3.63) is 35.9 Å². The minimum Gasteiger partial charge on any atom is -0.480 e. The number of hydrogen-bond acceptors (Lipinski definition) is 3. The van der Waals surface area contributed by atoms with Crippen LogP contribution in [0.15, 0.2) is 30.3 Å². The normalized spacial score (nSPS) is 22.7. The highest BCUT2D eigenvalue weighted by Gasteiger charge is 2.52. The lowest BCUT2D eigenvalue weighted by atomic mass is 9.98. The van der Waals surface area contributed by atoms with Crippen LogP contribution in [0, 0.1) is 16.7 Å². The molecule has 2 rings (SSSR count). The molecular formula is C11H8N2O2. The van der Waals surface area contributed by atoms with E-state index in [-0.39, 0.29) is 0 Å². The summed E-state index contributed by atoms with van der Waals surface area (Å²) in [6, 6.07) is 8.63. The fraction of sp³-hybridized carbons (Fsp3) is 0.0909. The highest BCUT2D eigenvalue weighted by molar-refractivity contribution is 6.08. The predicted octanol–water partition coefficient (Wildman–Crippen LogP) is 1.26. The number of nitriles is 1. The zero-order chi connectivity index (χ0) is 11.1. The van der Waals surface area contributed by atoms with Crippen LogP contribution < -0.4 is 5.73 Å². The monoisotopic (exact) mass is 200 g/mol. The molecule has 0 spiro atoms. The van der Waals surface area contributed by atoms with Gasteiger partial charge in [-0.1, -0.05) is 12.1 Å². The van der Waals surface area contributed by atoms with Crippen LogP contribution in [0.2, 0.25) is 0 Å². The first kappa shape index (κ1) is 9.28. The van der Waals surface area contributed by atoms with Gasteiger partial charge < -0.3 is 10.8 Å². The summed E-state index contributed by atoms with van der Waals surface area (Å²) in [4.78, 5) is 10.9. The van der Waals surface area contributed by atoms with Gasteiger partial charge in [-0.15, -0.1) is 0 Å². The second-order valence-corrected chi connectivity index (χ2v) is 3.41. The van der Waals surface area contributed by atoms with Crippen molar-refractivity contribution in [2.24, 2.45) is 5.41 Å². The first-order valence-corrected chi connectivity index (χ1v) is 4.34. The van der Waals surface area contributed by atoms with Crippen molar-refractivity contribution < 1.29 is 9.90 Å². The molecule has 0 aromatic heterocycles. The predicted molar refractivity (Wildman–Crippen MR) is 54.5 cm³/mol. The van der Waals surface area contributed by atoms with E-state index in [4.69, 9.17) is 16.1 Å². The number of carboxylic acids is 1. The Kier molecular flexibility index (Phi) is 1.77. The Morgan fingerprint density at radius 1 is 1.53 bits per heavy atom. The second-order valence-electron chi connectivity index (χ2n) is 3.41. The van der Waals surface area contributed by atoms with E-state index in [0.717, 1.165) is 0 Å². The van der Waals surface area contributed by atoms with Crippen LogP contribution in [-0.2, 0) is 4.79 Å². The Morgan fingerprint density at radius 3 is 2.73 bits per heavy atom. The van der Waals surface area contributed by atoms with E-state index < -0.39 is 11.4 Å². The van der Waals surface area contributed by atoms with E-state index in [1.54, 1.807) is 30.3 Å². The van der Waals surface area contributed by atoms with Crippen molar-refractivity contribution in [2.45, 2.75) is 0 Å². The number of rotatable bonds is 2. The van der Waals surface area contributed by atoms with E-state index in [1.807, 2.05) is 0 Å². The van der Waals surface area contributed by atoms with Gasteiger partial charge in [-0.3, -0.25) is 0 Å². The van der Waals surface area contributed by atoms with Gasteiger partial charge in [0.2, 0.25) is 0 Å². The largest absolute Gasteiger partial charge is 0.480 e. The maximum atomic E-state index is 10.9. The molecule has 0 aliphatic heterocycles. The average Bonchev–Trinajstić information content (AvgIpc) is 2.93. The number of benzene rings is 1. The Hall–Kier alpha value is -2.28. The van der Waals surface area contributed by atoms with Crippen molar-refractivity contribution in [3.8, 4) is 6.07 Å². The molecule has 0 saturated carbocycles. The van der Waals surface area contributed by atoms with Crippen LogP contribution in [0.4, 0.5) is 5.69 Å². The van der Waals surface area contributed by atoms with Crippen LogP contribution in [-0.4, -0.2) is 11.1 Å². The van der Waals surface area contributed by atoms with Crippen LogP contribution in [0.5, 0.6) is 0 Å². The number of hydrogen-bond donors (Lipinski definition) is 2. The Balaban J connectivity index is 2.35. The number of nitrogens with two attached hydrogens (primary N) is 1. The molecule has 3 N–H and O–H groups in total. The second kappa shape index (κ2) is 2.85. The van der Waals surface area contributed by atoms with Crippen LogP contribution in [0.25, 0.3) is 5.57 Å². The lowest BCUT2D eigenvalue weighted by Crippen LogP contribution is -2.15. The SMILES string of the molecule is N#CC1(C(=O)O)C=C1c1cccc(N)c1. The van der Waals surface area contributed by atoms with Crippen molar-refractivity contribution in [3.63, 3.8) is 0 Å². The fourth-order valence-corrected chi connectivity index (χ4v) is 1.51. The van der Waals surface area contributed by atoms with Crippen LogP contribution >= 0.6 is 0 Å². The molecule has 4 heteroatoms. The van der Waals surface area contributed by atoms with E-state index in [2.05, 4.69) is 0 Å². The lowest BCUT2D eigenvalue weighted by Gasteiger charge is -2.03. The summed E-state index contributed by atoms with van der Waals surface area (Å²) in [5, 5.41) is 17.7. The minimum absolute atomic E-state index is 0.518. The number of nitrogens with zero attached hydrogens (tertiary/aromatic N) is 1. The maximum Gasteiger partial charge on any atom is 0.332 e. The highest BCUT2D eigenvalue weighted by atomic mass is 16.4. The summed E-state index contributed by atoms with van der Waals surface area (Å²) in [7, 11) is 0. The number of carbonyl (C=O) groups is 1. The maximum absolute atomic E-state index is 10.9.